The number of amides is 2. The van der Waals surface area contributed by atoms with Crippen molar-refractivity contribution in [1.82, 2.24) is 20.8 Å². The lowest BCUT2D eigenvalue weighted by atomic mass is 10.2. The number of nitrogens with zero attached hydrogens (tertiary/aromatic N) is 2. The molecule has 28 heavy (non-hydrogen) atoms. The monoisotopic (exact) mass is 438 g/mol. The van der Waals surface area contributed by atoms with Crippen molar-refractivity contribution in [1.29, 1.82) is 0 Å². The normalized spacial score (nSPS) is 10.5. The maximum absolute atomic E-state index is 12.1. The van der Waals surface area contributed by atoms with Gasteiger partial charge in [-0.2, -0.15) is 4.98 Å². The van der Waals surface area contributed by atoms with Crippen LogP contribution in [0.4, 0.5) is 0 Å². The molecule has 3 aromatic rings. The van der Waals surface area contributed by atoms with E-state index in [1.54, 1.807) is 30.3 Å². The van der Waals surface area contributed by atoms with Crippen LogP contribution in [0.25, 0.3) is 11.4 Å². The molecule has 3 rings (SSSR count). The van der Waals surface area contributed by atoms with Crippen molar-refractivity contribution in [3.05, 3.63) is 69.0 Å². The Balaban J connectivity index is 1.50. The topological polar surface area (TPSA) is 97.1 Å². The first kappa shape index (κ1) is 20.1. The first-order valence-electron chi connectivity index (χ1n) is 8.05. The fourth-order valence-corrected chi connectivity index (χ4v) is 2.94. The van der Waals surface area contributed by atoms with Gasteiger partial charge < -0.3 is 15.2 Å². The van der Waals surface area contributed by atoms with Crippen LogP contribution in [-0.2, 0) is 0 Å². The molecule has 2 N–H and O–H groups in total. The van der Waals surface area contributed by atoms with Crippen LogP contribution in [0.15, 0.2) is 47.0 Å². The molecule has 0 spiro atoms. The average molecular weight is 440 g/mol. The van der Waals surface area contributed by atoms with Gasteiger partial charge in [-0.05, 0) is 30.3 Å². The van der Waals surface area contributed by atoms with Gasteiger partial charge in [0.15, 0.2) is 0 Å². The van der Waals surface area contributed by atoms with Gasteiger partial charge in [0.1, 0.15) is 0 Å². The number of carbonyl (C=O) groups excluding carboxylic acids is 2. The van der Waals surface area contributed by atoms with Crippen LogP contribution in [0.2, 0.25) is 15.1 Å². The highest BCUT2D eigenvalue weighted by atomic mass is 35.5. The molecule has 10 heteroatoms. The van der Waals surface area contributed by atoms with E-state index in [-0.39, 0.29) is 35.7 Å². The standard InChI is InChI=1S/C18H13Cl3N4O3/c19-11-3-1-2-10(8-11)15-24-18(28-25-15)17(27)23-7-6-22-16(26)13-5-4-12(20)9-14(13)21/h1-5,8-9H,6-7H2,(H,22,26)(H,23,27). The fraction of sp³-hybridized carbons (Fsp3) is 0.111. The summed E-state index contributed by atoms with van der Waals surface area (Å²) in [6, 6.07) is 11.4. The lowest BCUT2D eigenvalue weighted by molar-refractivity contribution is 0.0898. The Labute approximate surface area is 175 Å². The van der Waals surface area contributed by atoms with Crippen molar-refractivity contribution >= 4 is 46.6 Å². The van der Waals surface area contributed by atoms with E-state index in [0.717, 1.165) is 0 Å². The van der Waals surface area contributed by atoms with E-state index in [9.17, 15) is 9.59 Å². The molecule has 1 aromatic heterocycles. The molecule has 144 valence electrons. The van der Waals surface area contributed by atoms with Crippen LogP contribution in [-0.4, -0.2) is 35.0 Å². The Kier molecular flexibility index (Phi) is 6.51. The third kappa shape index (κ3) is 5.01. The van der Waals surface area contributed by atoms with E-state index in [1.165, 1.54) is 12.1 Å². The van der Waals surface area contributed by atoms with Crippen LogP contribution >= 0.6 is 34.8 Å². The van der Waals surface area contributed by atoms with Gasteiger partial charge in [-0.15, -0.1) is 0 Å². The number of rotatable bonds is 6. The van der Waals surface area contributed by atoms with Crippen molar-refractivity contribution in [2.45, 2.75) is 0 Å². The number of benzene rings is 2. The second kappa shape index (κ2) is 9.05. The number of carbonyl (C=O) groups is 2. The molecule has 0 aliphatic rings. The van der Waals surface area contributed by atoms with Crippen molar-refractivity contribution in [3.63, 3.8) is 0 Å². The number of hydrogen-bond donors (Lipinski definition) is 2. The minimum atomic E-state index is -0.556. The van der Waals surface area contributed by atoms with Gasteiger partial charge in [0, 0.05) is 28.7 Å². The second-order valence-corrected chi connectivity index (χ2v) is 6.85. The van der Waals surface area contributed by atoms with Crippen LogP contribution in [0.1, 0.15) is 21.0 Å². The molecule has 0 fully saturated rings. The molecule has 0 saturated carbocycles. The summed E-state index contributed by atoms with van der Waals surface area (Å²) in [5, 5.41) is 10.2. The van der Waals surface area contributed by atoms with E-state index in [0.29, 0.717) is 21.2 Å². The zero-order chi connectivity index (χ0) is 20.1. The van der Waals surface area contributed by atoms with Gasteiger partial charge >= 0.3 is 11.8 Å². The van der Waals surface area contributed by atoms with Gasteiger partial charge in [0.2, 0.25) is 5.82 Å². The van der Waals surface area contributed by atoms with Crippen molar-refractivity contribution in [2.24, 2.45) is 0 Å². The van der Waals surface area contributed by atoms with Crippen molar-refractivity contribution < 1.29 is 14.1 Å². The van der Waals surface area contributed by atoms with Crippen molar-refractivity contribution in [2.75, 3.05) is 13.1 Å². The summed E-state index contributed by atoms with van der Waals surface area (Å²) in [4.78, 5) is 28.2. The van der Waals surface area contributed by atoms with Gasteiger partial charge in [0.25, 0.3) is 5.91 Å². The maximum Gasteiger partial charge on any atom is 0.316 e. The molecule has 0 saturated heterocycles. The molecule has 0 bridgehead atoms. The van der Waals surface area contributed by atoms with Crippen molar-refractivity contribution in [3.8, 4) is 11.4 Å². The summed E-state index contributed by atoms with van der Waals surface area (Å²) < 4.78 is 4.96. The molecular formula is C18H13Cl3N4O3. The third-order valence-corrected chi connectivity index (χ3v) is 4.36. The van der Waals surface area contributed by atoms with E-state index in [4.69, 9.17) is 39.3 Å². The molecule has 0 atom stereocenters. The highest BCUT2D eigenvalue weighted by Gasteiger charge is 2.16. The Morgan fingerprint density at radius 1 is 0.929 bits per heavy atom. The molecule has 2 aromatic carbocycles. The highest BCUT2D eigenvalue weighted by molar-refractivity contribution is 6.36. The molecule has 1 heterocycles. The quantitative estimate of drug-likeness (QED) is 0.569. The largest absolute Gasteiger partial charge is 0.350 e. The molecule has 7 nitrogen and oxygen atoms in total. The predicted octanol–water partition coefficient (Wildman–Crippen LogP) is 3.86. The zero-order valence-electron chi connectivity index (χ0n) is 14.2. The van der Waals surface area contributed by atoms with Gasteiger partial charge in [-0.1, -0.05) is 52.1 Å². The summed E-state index contributed by atoms with van der Waals surface area (Å²) >= 11 is 17.7. The van der Waals surface area contributed by atoms with Crippen LogP contribution in [0.3, 0.4) is 0 Å². The summed E-state index contributed by atoms with van der Waals surface area (Å²) in [6.45, 7) is 0.337. The van der Waals surface area contributed by atoms with Crippen LogP contribution in [0, 0.1) is 0 Å². The average Bonchev–Trinajstić information content (AvgIpc) is 3.15. The number of halogens is 3. The molecule has 0 aliphatic carbocycles. The van der Waals surface area contributed by atoms with E-state index in [2.05, 4.69) is 20.8 Å². The molecule has 0 aliphatic heterocycles. The summed E-state index contributed by atoms with van der Waals surface area (Å²) in [6.07, 6.45) is 0. The van der Waals surface area contributed by atoms with Gasteiger partial charge in [-0.3, -0.25) is 9.59 Å². The highest BCUT2D eigenvalue weighted by Crippen LogP contribution is 2.21. The fourth-order valence-electron chi connectivity index (χ4n) is 2.26. The molecule has 0 unspecified atom stereocenters. The van der Waals surface area contributed by atoms with Gasteiger partial charge in [-0.25, -0.2) is 0 Å². The SMILES string of the molecule is O=C(NCCNC(=O)c1ccc(Cl)cc1Cl)c1nc(-c2cccc(Cl)c2)no1. The summed E-state index contributed by atoms with van der Waals surface area (Å²) in [7, 11) is 0. The molecular weight excluding hydrogens is 427 g/mol. The Hall–Kier alpha value is -2.61. The first-order valence-corrected chi connectivity index (χ1v) is 9.18. The summed E-state index contributed by atoms with van der Waals surface area (Å²) in [5.74, 6) is -0.878. The minimum absolute atomic E-state index is 0.157. The number of aromatic nitrogens is 2. The smallest absolute Gasteiger partial charge is 0.316 e. The minimum Gasteiger partial charge on any atom is -0.350 e. The van der Waals surface area contributed by atoms with E-state index in [1.807, 2.05) is 0 Å². The Bertz CT molecular complexity index is 1020. The van der Waals surface area contributed by atoms with E-state index < -0.39 is 5.91 Å². The van der Waals surface area contributed by atoms with Crippen LogP contribution < -0.4 is 10.6 Å². The summed E-state index contributed by atoms with van der Waals surface area (Å²) in [5.41, 5.74) is 0.919. The third-order valence-electron chi connectivity index (χ3n) is 3.57. The first-order chi connectivity index (χ1) is 13.4. The molecule has 2 amide bonds. The number of nitrogens with one attached hydrogen (secondary N) is 2. The molecule has 0 radical (unpaired) electrons. The predicted molar refractivity (Wildman–Crippen MR) is 106 cm³/mol. The maximum atomic E-state index is 12.1. The lowest BCUT2D eigenvalue weighted by Crippen LogP contribution is -2.34. The van der Waals surface area contributed by atoms with Crippen LogP contribution in [0.5, 0.6) is 0 Å². The number of hydrogen-bond acceptors (Lipinski definition) is 5. The second-order valence-electron chi connectivity index (χ2n) is 5.57. The van der Waals surface area contributed by atoms with Gasteiger partial charge in [0.05, 0.1) is 10.6 Å². The Morgan fingerprint density at radius 3 is 2.36 bits per heavy atom. The Morgan fingerprint density at radius 2 is 1.64 bits per heavy atom. The van der Waals surface area contributed by atoms with E-state index >= 15 is 0 Å². The zero-order valence-corrected chi connectivity index (χ0v) is 16.5. The lowest BCUT2D eigenvalue weighted by Gasteiger charge is -2.07.